The molecular formula is C27H32N4O4. The largest absolute Gasteiger partial charge is 0.493 e. The minimum Gasteiger partial charge on any atom is -0.493 e. The summed E-state index contributed by atoms with van der Waals surface area (Å²) in [5.41, 5.74) is 1.59. The number of rotatable bonds is 7. The number of ether oxygens (including phenoxy) is 2. The molecule has 184 valence electrons. The molecule has 2 aliphatic rings. The van der Waals surface area contributed by atoms with Gasteiger partial charge in [0.2, 0.25) is 5.91 Å². The summed E-state index contributed by atoms with van der Waals surface area (Å²) in [6.45, 7) is 2.62. The summed E-state index contributed by atoms with van der Waals surface area (Å²) < 4.78 is 12.7. The Morgan fingerprint density at radius 1 is 1.11 bits per heavy atom. The third-order valence-corrected chi connectivity index (χ3v) is 7.40. The number of fused-ring (bicyclic) bond motifs is 3. The van der Waals surface area contributed by atoms with Crippen LogP contribution in [-0.2, 0) is 17.8 Å². The number of hydrogen-bond donors (Lipinski definition) is 1. The number of imidazole rings is 1. The number of amides is 2. The predicted molar refractivity (Wildman–Crippen MR) is 133 cm³/mol. The van der Waals surface area contributed by atoms with Crippen molar-refractivity contribution in [2.45, 2.75) is 57.2 Å². The van der Waals surface area contributed by atoms with E-state index in [-0.39, 0.29) is 17.9 Å². The zero-order valence-corrected chi connectivity index (χ0v) is 20.5. The first-order chi connectivity index (χ1) is 16.9. The fraction of sp³-hybridized carbons (Fsp3) is 0.444. The average Bonchev–Trinajstić information content (AvgIpc) is 3.51. The summed E-state index contributed by atoms with van der Waals surface area (Å²) in [5.74, 6) is 1.34. The Morgan fingerprint density at radius 3 is 2.60 bits per heavy atom. The maximum atomic E-state index is 13.8. The molecule has 35 heavy (non-hydrogen) atoms. The quantitative estimate of drug-likeness (QED) is 0.564. The van der Waals surface area contributed by atoms with E-state index in [1.807, 2.05) is 54.0 Å². The molecule has 1 aliphatic carbocycles. The lowest BCUT2D eigenvalue weighted by Crippen LogP contribution is -2.65. The van der Waals surface area contributed by atoms with E-state index in [0.29, 0.717) is 36.8 Å². The Labute approximate surface area is 205 Å². The highest BCUT2D eigenvalue weighted by atomic mass is 16.5. The number of nitrogens with zero attached hydrogens (tertiary/aromatic N) is 3. The molecule has 1 atom stereocenters. The molecule has 1 N–H and O–H groups in total. The summed E-state index contributed by atoms with van der Waals surface area (Å²) in [6.07, 6.45) is 4.79. The molecule has 3 aromatic rings. The van der Waals surface area contributed by atoms with Gasteiger partial charge in [0, 0.05) is 12.6 Å². The predicted octanol–water partition coefficient (Wildman–Crippen LogP) is 3.57. The topological polar surface area (TPSA) is 85.7 Å². The lowest BCUT2D eigenvalue weighted by atomic mass is 9.93. The molecule has 1 saturated carbocycles. The molecule has 8 heteroatoms. The van der Waals surface area contributed by atoms with E-state index in [4.69, 9.17) is 9.47 Å². The first kappa shape index (κ1) is 23.2. The van der Waals surface area contributed by atoms with Gasteiger partial charge in [-0.25, -0.2) is 4.98 Å². The fourth-order valence-electron chi connectivity index (χ4n) is 5.37. The average molecular weight is 477 g/mol. The molecule has 2 aromatic carbocycles. The first-order valence-corrected chi connectivity index (χ1v) is 12.2. The molecule has 2 heterocycles. The van der Waals surface area contributed by atoms with Crippen LogP contribution < -0.4 is 14.8 Å². The molecule has 5 rings (SSSR count). The minimum atomic E-state index is -1.04. The number of hydrogen-bond acceptors (Lipinski definition) is 5. The molecule has 0 saturated heterocycles. The standard InChI is InChI=1S/C27H32N4O4/c1-27(26(33)28-19-8-4-5-9-19)17-30-21-11-7-6-10-20(21)29-24(30)25(32)31(27)15-14-18-12-13-22(34-2)23(16-18)35-3/h6-7,10-13,16,19H,4-5,8-9,14-15,17H2,1-3H3,(H,28,33)/t27-/m1/s1. The molecule has 1 aliphatic heterocycles. The summed E-state index contributed by atoms with van der Waals surface area (Å²) in [6, 6.07) is 13.6. The van der Waals surface area contributed by atoms with Crippen LogP contribution in [0.25, 0.3) is 11.0 Å². The number of para-hydroxylation sites is 2. The van der Waals surface area contributed by atoms with Gasteiger partial charge in [0.05, 0.1) is 31.8 Å². The van der Waals surface area contributed by atoms with Crippen LogP contribution in [-0.4, -0.2) is 58.6 Å². The van der Waals surface area contributed by atoms with Gasteiger partial charge in [0.25, 0.3) is 5.91 Å². The Morgan fingerprint density at radius 2 is 1.86 bits per heavy atom. The monoisotopic (exact) mass is 476 g/mol. The Bertz CT molecular complexity index is 1260. The van der Waals surface area contributed by atoms with Crippen molar-refractivity contribution in [2.24, 2.45) is 0 Å². The first-order valence-electron chi connectivity index (χ1n) is 12.2. The van der Waals surface area contributed by atoms with E-state index in [9.17, 15) is 9.59 Å². The van der Waals surface area contributed by atoms with E-state index >= 15 is 0 Å². The molecule has 8 nitrogen and oxygen atoms in total. The van der Waals surface area contributed by atoms with Gasteiger partial charge in [-0.2, -0.15) is 0 Å². The Hall–Kier alpha value is -3.55. The third-order valence-electron chi connectivity index (χ3n) is 7.40. The smallest absolute Gasteiger partial charge is 0.290 e. The number of aromatic nitrogens is 2. The number of benzene rings is 2. The molecular weight excluding hydrogens is 444 g/mol. The highest BCUT2D eigenvalue weighted by Gasteiger charge is 2.48. The van der Waals surface area contributed by atoms with Gasteiger partial charge in [-0.1, -0.05) is 31.0 Å². The highest BCUT2D eigenvalue weighted by Crippen LogP contribution is 2.32. The number of carbonyl (C=O) groups excluding carboxylic acids is 2. The Kier molecular flexibility index (Phi) is 6.13. The van der Waals surface area contributed by atoms with Crippen molar-refractivity contribution in [3.05, 3.63) is 53.9 Å². The second kappa shape index (κ2) is 9.24. The fourth-order valence-corrected chi connectivity index (χ4v) is 5.37. The van der Waals surface area contributed by atoms with Crippen molar-refractivity contribution in [2.75, 3.05) is 20.8 Å². The van der Waals surface area contributed by atoms with E-state index < -0.39 is 5.54 Å². The second-order valence-corrected chi connectivity index (χ2v) is 9.64. The molecule has 2 amide bonds. The number of nitrogens with one attached hydrogen (secondary N) is 1. The zero-order valence-electron chi connectivity index (χ0n) is 20.5. The summed E-state index contributed by atoms with van der Waals surface area (Å²) >= 11 is 0. The second-order valence-electron chi connectivity index (χ2n) is 9.64. The van der Waals surface area contributed by atoms with Crippen molar-refractivity contribution in [3.63, 3.8) is 0 Å². The van der Waals surface area contributed by atoms with Crippen molar-refractivity contribution >= 4 is 22.8 Å². The highest BCUT2D eigenvalue weighted by molar-refractivity contribution is 6.01. The van der Waals surface area contributed by atoms with Gasteiger partial charge in [-0.05, 0) is 56.0 Å². The molecule has 0 spiro atoms. The van der Waals surface area contributed by atoms with Crippen LogP contribution in [0.4, 0.5) is 0 Å². The van der Waals surface area contributed by atoms with Crippen molar-refractivity contribution < 1.29 is 19.1 Å². The van der Waals surface area contributed by atoms with Gasteiger partial charge >= 0.3 is 0 Å². The maximum Gasteiger partial charge on any atom is 0.290 e. The molecule has 1 aromatic heterocycles. The van der Waals surface area contributed by atoms with Gasteiger partial charge < -0.3 is 24.3 Å². The van der Waals surface area contributed by atoms with E-state index in [1.54, 1.807) is 19.1 Å². The number of carbonyl (C=O) groups is 2. The lowest BCUT2D eigenvalue weighted by molar-refractivity contribution is -0.133. The Balaban J connectivity index is 1.48. The van der Waals surface area contributed by atoms with Crippen LogP contribution in [0.2, 0.25) is 0 Å². The molecule has 0 radical (unpaired) electrons. The van der Waals surface area contributed by atoms with Crippen LogP contribution in [0, 0.1) is 0 Å². The molecule has 1 fully saturated rings. The maximum absolute atomic E-state index is 13.8. The van der Waals surface area contributed by atoms with E-state index in [1.165, 1.54) is 0 Å². The lowest BCUT2D eigenvalue weighted by Gasteiger charge is -2.44. The summed E-state index contributed by atoms with van der Waals surface area (Å²) in [7, 11) is 3.20. The number of methoxy groups -OCH3 is 2. The van der Waals surface area contributed by atoms with Gasteiger partial charge in [0.15, 0.2) is 17.3 Å². The normalized spacial score (nSPS) is 20.2. The van der Waals surface area contributed by atoms with Crippen LogP contribution >= 0.6 is 0 Å². The van der Waals surface area contributed by atoms with Gasteiger partial charge in [-0.15, -0.1) is 0 Å². The van der Waals surface area contributed by atoms with Gasteiger partial charge in [0.1, 0.15) is 5.54 Å². The van der Waals surface area contributed by atoms with Gasteiger partial charge in [-0.3, -0.25) is 9.59 Å². The molecule has 0 unspecified atom stereocenters. The van der Waals surface area contributed by atoms with E-state index in [0.717, 1.165) is 42.3 Å². The van der Waals surface area contributed by atoms with Crippen molar-refractivity contribution in [1.29, 1.82) is 0 Å². The van der Waals surface area contributed by atoms with Crippen molar-refractivity contribution in [1.82, 2.24) is 19.8 Å². The zero-order chi connectivity index (χ0) is 24.6. The van der Waals surface area contributed by atoms with Crippen LogP contribution in [0.3, 0.4) is 0 Å². The van der Waals surface area contributed by atoms with E-state index in [2.05, 4.69) is 10.3 Å². The SMILES string of the molecule is COc1ccc(CCN2C(=O)c3nc4ccccc4n3C[C@]2(C)C(=O)NC2CCCC2)cc1OC. The van der Waals surface area contributed by atoms with Crippen LogP contribution in [0.5, 0.6) is 11.5 Å². The van der Waals surface area contributed by atoms with Crippen LogP contribution in [0.1, 0.15) is 48.8 Å². The minimum absolute atomic E-state index is 0.103. The van der Waals surface area contributed by atoms with Crippen LogP contribution in [0.15, 0.2) is 42.5 Å². The summed E-state index contributed by atoms with van der Waals surface area (Å²) in [4.78, 5) is 33.9. The molecule has 0 bridgehead atoms. The van der Waals surface area contributed by atoms with Crippen molar-refractivity contribution in [3.8, 4) is 11.5 Å². The third kappa shape index (κ3) is 4.11. The summed E-state index contributed by atoms with van der Waals surface area (Å²) in [5, 5.41) is 3.24.